The molecule has 0 bridgehead atoms. The number of nitrogens with zero attached hydrogens (tertiary/aromatic N) is 1. The fraction of sp³-hybridized carbons (Fsp3) is 0.250. The van der Waals surface area contributed by atoms with Gasteiger partial charge in [-0.25, -0.2) is 4.37 Å². The molecule has 0 spiro atoms. The molecule has 0 saturated carbocycles. The van der Waals surface area contributed by atoms with Crippen molar-refractivity contribution in [3.05, 3.63) is 29.8 Å². The average Bonchev–Trinajstić information content (AvgIpc) is 2.56. The summed E-state index contributed by atoms with van der Waals surface area (Å²) in [5.41, 5.74) is 0. The lowest BCUT2D eigenvalue weighted by molar-refractivity contribution is -0.117. The molecule has 0 radical (unpaired) electrons. The minimum Gasteiger partial charge on any atom is -0.345 e. The van der Waals surface area contributed by atoms with Crippen LogP contribution in [0.3, 0.4) is 0 Å². The van der Waals surface area contributed by atoms with Gasteiger partial charge in [-0.15, -0.1) is 0 Å². The van der Waals surface area contributed by atoms with Gasteiger partial charge in [0.15, 0.2) is 0 Å². The Morgan fingerprint density at radius 1 is 1.92 bits per heavy atom. The molecule has 3 nitrogen and oxygen atoms in total. The van der Waals surface area contributed by atoms with Gasteiger partial charge in [-0.1, -0.05) is 6.58 Å². The Balaban J connectivity index is 2.55. The van der Waals surface area contributed by atoms with Crippen LogP contribution in [0.15, 0.2) is 24.9 Å². The molecule has 0 saturated heterocycles. The molecule has 64 valence electrons. The maximum Gasteiger partial charge on any atom is 0.243 e. The summed E-state index contributed by atoms with van der Waals surface area (Å²) in [6, 6.07) is 1.90. The third kappa shape index (κ3) is 2.17. The van der Waals surface area contributed by atoms with Crippen LogP contribution >= 0.6 is 11.5 Å². The van der Waals surface area contributed by atoms with E-state index in [4.69, 9.17) is 0 Å². The van der Waals surface area contributed by atoms with Crippen LogP contribution in [0.4, 0.5) is 0 Å². The van der Waals surface area contributed by atoms with Crippen molar-refractivity contribution in [3.63, 3.8) is 0 Å². The normalized spacial score (nSPS) is 12.1. The van der Waals surface area contributed by atoms with Crippen LogP contribution in [0.5, 0.6) is 0 Å². The van der Waals surface area contributed by atoms with E-state index in [0.717, 1.165) is 4.88 Å². The SMILES string of the molecule is C=CC(=O)NC(C)c1ccns1. The second-order valence-electron chi connectivity index (χ2n) is 2.35. The quantitative estimate of drug-likeness (QED) is 0.720. The van der Waals surface area contributed by atoms with Crippen molar-refractivity contribution in [1.82, 2.24) is 9.69 Å². The number of carbonyl (C=O) groups excluding carboxylic acids is 1. The van der Waals surface area contributed by atoms with Crippen molar-refractivity contribution in [2.75, 3.05) is 0 Å². The molecular weight excluding hydrogens is 172 g/mol. The molecule has 0 aromatic carbocycles. The zero-order chi connectivity index (χ0) is 8.97. The summed E-state index contributed by atoms with van der Waals surface area (Å²) in [7, 11) is 0. The third-order valence-corrected chi connectivity index (χ3v) is 2.36. The van der Waals surface area contributed by atoms with Crippen molar-refractivity contribution < 1.29 is 4.79 Å². The molecule has 1 N–H and O–H groups in total. The van der Waals surface area contributed by atoms with Crippen molar-refractivity contribution in [1.29, 1.82) is 0 Å². The van der Waals surface area contributed by atoms with Crippen LogP contribution < -0.4 is 5.32 Å². The maximum atomic E-state index is 10.9. The summed E-state index contributed by atoms with van der Waals surface area (Å²) in [6.45, 7) is 5.28. The Labute approximate surface area is 75.3 Å². The molecule has 1 aromatic heterocycles. The summed E-state index contributed by atoms with van der Waals surface area (Å²) < 4.78 is 3.94. The molecule has 1 unspecified atom stereocenters. The fourth-order valence-electron chi connectivity index (χ4n) is 0.792. The molecule has 1 atom stereocenters. The predicted molar refractivity (Wildman–Crippen MR) is 48.9 cm³/mol. The van der Waals surface area contributed by atoms with Gasteiger partial charge in [0.25, 0.3) is 0 Å². The first kappa shape index (κ1) is 8.93. The van der Waals surface area contributed by atoms with E-state index in [0.29, 0.717) is 0 Å². The molecule has 0 aliphatic heterocycles. The first-order valence-electron chi connectivity index (χ1n) is 3.57. The van der Waals surface area contributed by atoms with E-state index in [9.17, 15) is 4.79 Å². The monoisotopic (exact) mass is 182 g/mol. The van der Waals surface area contributed by atoms with Crippen LogP contribution in [-0.2, 0) is 4.79 Å². The summed E-state index contributed by atoms with van der Waals surface area (Å²) in [5, 5.41) is 2.75. The van der Waals surface area contributed by atoms with Gasteiger partial charge >= 0.3 is 0 Å². The second kappa shape index (κ2) is 4.01. The van der Waals surface area contributed by atoms with Gasteiger partial charge in [-0.3, -0.25) is 4.79 Å². The molecule has 0 aliphatic rings. The highest BCUT2D eigenvalue weighted by molar-refractivity contribution is 7.05. The van der Waals surface area contributed by atoms with E-state index in [1.165, 1.54) is 17.6 Å². The molecule has 1 aromatic rings. The van der Waals surface area contributed by atoms with Gasteiger partial charge in [0.05, 0.1) is 6.04 Å². The lowest BCUT2D eigenvalue weighted by Gasteiger charge is -2.08. The zero-order valence-corrected chi connectivity index (χ0v) is 7.60. The van der Waals surface area contributed by atoms with Crippen LogP contribution in [0.2, 0.25) is 0 Å². The predicted octanol–water partition coefficient (Wildman–Crippen LogP) is 1.51. The van der Waals surface area contributed by atoms with E-state index in [-0.39, 0.29) is 11.9 Å². The number of hydrogen-bond acceptors (Lipinski definition) is 3. The topological polar surface area (TPSA) is 42.0 Å². The van der Waals surface area contributed by atoms with Crippen LogP contribution in [0, 0.1) is 0 Å². The highest BCUT2D eigenvalue weighted by Crippen LogP contribution is 2.15. The van der Waals surface area contributed by atoms with Crippen molar-refractivity contribution in [2.45, 2.75) is 13.0 Å². The van der Waals surface area contributed by atoms with Gasteiger partial charge in [-0.2, -0.15) is 0 Å². The van der Waals surface area contributed by atoms with Crippen molar-refractivity contribution in [2.24, 2.45) is 0 Å². The number of carbonyl (C=O) groups is 1. The largest absolute Gasteiger partial charge is 0.345 e. The van der Waals surface area contributed by atoms with E-state index >= 15 is 0 Å². The Morgan fingerprint density at radius 3 is 3.17 bits per heavy atom. The summed E-state index contributed by atoms with van der Waals surface area (Å²) in [4.78, 5) is 11.9. The van der Waals surface area contributed by atoms with E-state index in [1.807, 2.05) is 13.0 Å². The Kier molecular flexibility index (Phi) is 2.99. The van der Waals surface area contributed by atoms with Crippen molar-refractivity contribution in [3.8, 4) is 0 Å². The summed E-state index contributed by atoms with van der Waals surface area (Å²) in [5.74, 6) is -0.157. The number of nitrogens with one attached hydrogen (secondary N) is 1. The van der Waals surface area contributed by atoms with Gasteiger partial charge in [0.1, 0.15) is 0 Å². The second-order valence-corrected chi connectivity index (χ2v) is 3.21. The maximum absolute atomic E-state index is 10.9. The highest BCUT2D eigenvalue weighted by Gasteiger charge is 2.07. The highest BCUT2D eigenvalue weighted by atomic mass is 32.1. The number of amides is 1. The summed E-state index contributed by atoms with van der Waals surface area (Å²) in [6.07, 6.45) is 2.98. The standard InChI is InChI=1S/C8H10N2OS/c1-3-8(11)10-6(2)7-4-5-9-12-7/h3-6H,1H2,2H3,(H,10,11). The van der Waals surface area contributed by atoms with Crippen LogP contribution in [-0.4, -0.2) is 10.3 Å². The number of aromatic nitrogens is 1. The van der Waals surface area contributed by atoms with Gasteiger partial charge < -0.3 is 5.32 Å². The molecule has 4 heteroatoms. The van der Waals surface area contributed by atoms with E-state index in [2.05, 4.69) is 16.3 Å². The molecular formula is C8H10N2OS. The molecule has 0 fully saturated rings. The lowest BCUT2D eigenvalue weighted by atomic mass is 10.3. The third-order valence-electron chi connectivity index (χ3n) is 1.43. The van der Waals surface area contributed by atoms with Crippen molar-refractivity contribution >= 4 is 17.4 Å². The summed E-state index contributed by atoms with van der Waals surface area (Å²) >= 11 is 1.38. The zero-order valence-electron chi connectivity index (χ0n) is 6.78. The van der Waals surface area contributed by atoms with E-state index in [1.54, 1.807) is 6.20 Å². The molecule has 1 amide bonds. The molecule has 1 heterocycles. The first-order valence-corrected chi connectivity index (χ1v) is 4.35. The smallest absolute Gasteiger partial charge is 0.243 e. The Morgan fingerprint density at radius 2 is 2.67 bits per heavy atom. The lowest BCUT2D eigenvalue weighted by Crippen LogP contribution is -2.23. The van der Waals surface area contributed by atoms with E-state index < -0.39 is 0 Å². The fourth-order valence-corrected chi connectivity index (χ4v) is 1.37. The average molecular weight is 182 g/mol. The van der Waals surface area contributed by atoms with Crippen LogP contribution in [0.25, 0.3) is 0 Å². The first-order chi connectivity index (χ1) is 5.74. The van der Waals surface area contributed by atoms with Gasteiger partial charge in [0.2, 0.25) is 5.91 Å². The van der Waals surface area contributed by atoms with Gasteiger partial charge in [-0.05, 0) is 30.6 Å². The molecule has 0 aliphatic carbocycles. The molecule has 1 rings (SSSR count). The van der Waals surface area contributed by atoms with Gasteiger partial charge in [0, 0.05) is 11.1 Å². The van der Waals surface area contributed by atoms with Crippen LogP contribution in [0.1, 0.15) is 17.8 Å². The minimum atomic E-state index is -0.157. The number of hydrogen-bond donors (Lipinski definition) is 1. The molecule has 12 heavy (non-hydrogen) atoms. The Bertz CT molecular complexity index is 269. The number of rotatable bonds is 3. The Hall–Kier alpha value is -1.16. The minimum absolute atomic E-state index is 0.0167.